The molecule has 5 aromatic rings. The lowest BCUT2D eigenvalue weighted by Crippen LogP contribution is -2.25. The van der Waals surface area contributed by atoms with Crippen molar-refractivity contribution in [3.05, 3.63) is 124 Å². The topological polar surface area (TPSA) is 89.8 Å². The molecule has 0 radical (unpaired) electrons. The zero-order valence-electron chi connectivity index (χ0n) is 19.1. The number of nitrogens with one attached hydrogen (secondary N) is 1. The molecule has 36 heavy (non-hydrogen) atoms. The highest BCUT2D eigenvalue weighted by Gasteiger charge is 2.12. The number of ether oxygens (including phenoxy) is 1. The second-order valence-electron chi connectivity index (χ2n) is 8.07. The van der Waals surface area contributed by atoms with Gasteiger partial charge in [0.05, 0.1) is 22.8 Å². The summed E-state index contributed by atoms with van der Waals surface area (Å²) in [6.45, 7) is -0.00692. The van der Waals surface area contributed by atoms with Gasteiger partial charge in [-0.05, 0) is 66.2 Å². The Morgan fingerprint density at radius 3 is 2.00 bits per heavy atom. The standard InChI is InChI=1S/C29H21N3O4/c33-27(19-32-25-12-6-4-10-23(25)28(34)24-11-5-7-13-26(24)32)31-30-18-20-14-16-22(17-15-20)36-29(35)21-8-2-1-3-9-21/h1-18H,19H2,(H,31,33)/b30-18-. The Balaban J connectivity index is 1.27. The fourth-order valence-corrected chi connectivity index (χ4v) is 3.97. The molecule has 0 unspecified atom stereocenters. The number of esters is 1. The molecular weight excluding hydrogens is 454 g/mol. The number of amides is 1. The van der Waals surface area contributed by atoms with E-state index in [1.54, 1.807) is 72.8 Å². The largest absolute Gasteiger partial charge is 0.423 e. The molecule has 4 aromatic carbocycles. The van der Waals surface area contributed by atoms with E-state index in [0.717, 1.165) is 0 Å². The summed E-state index contributed by atoms with van der Waals surface area (Å²) >= 11 is 0. The van der Waals surface area contributed by atoms with Crippen molar-refractivity contribution in [2.24, 2.45) is 5.10 Å². The third-order valence-electron chi connectivity index (χ3n) is 5.68. The van der Waals surface area contributed by atoms with Crippen molar-refractivity contribution >= 4 is 39.9 Å². The highest BCUT2D eigenvalue weighted by atomic mass is 16.5. The van der Waals surface area contributed by atoms with Crippen LogP contribution in [-0.4, -0.2) is 22.7 Å². The molecule has 0 atom stereocenters. The van der Waals surface area contributed by atoms with Gasteiger partial charge in [0.25, 0.3) is 5.91 Å². The number of pyridine rings is 1. The molecule has 7 heteroatoms. The molecule has 0 fully saturated rings. The van der Waals surface area contributed by atoms with E-state index in [0.29, 0.717) is 38.7 Å². The monoisotopic (exact) mass is 475 g/mol. The van der Waals surface area contributed by atoms with Gasteiger partial charge in [-0.15, -0.1) is 0 Å². The highest BCUT2D eigenvalue weighted by Crippen LogP contribution is 2.19. The molecule has 0 spiro atoms. The number of hydrogen-bond acceptors (Lipinski definition) is 5. The number of carbonyl (C=O) groups excluding carboxylic acids is 2. The summed E-state index contributed by atoms with van der Waals surface area (Å²) in [7, 11) is 0. The van der Waals surface area contributed by atoms with E-state index in [2.05, 4.69) is 10.5 Å². The minimum Gasteiger partial charge on any atom is -0.423 e. The van der Waals surface area contributed by atoms with Gasteiger partial charge in [-0.1, -0.05) is 42.5 Å². The van der Waals surface area contributed by atoms with Gasteiger partial charge in [-0.25, -0.2) is 10.2 Å². The molecule has 0 aliphatic rings. The van der Waals surface area contributed by atoms with E-state index in [4.69, 9.17) is 4.74 Å². The van der Waals surface area contributed by atoms with Crippen LogP contribution in [0.4, 0.5) is 0 Å². The van der Waals surface area contributed by atoms with Gasteiger partial charge in [0.2, 0.25) is 0 Å². The van der Waals surface area contributed by atoms with E-state index < -0.39 is 5.97 Å². The molecule has 176 valence electrons. The van der Waals surface area contributed by atoms with Gasteiger partial charge in [0, 0.05) is 10.8 Å². The summed E-state index contributed by atoms with van der Waals surface area (Å²) in [6, 6.07) is 30.0. The third kappa shape index (κ3) is 4.76. The number of hydrogen-bond donors (Lipinski definition) is 1. The number of hydrazone groups is 1. The predicted octanol–water partition coefficient (Wildman–Crippen LogP) is 4.52. The van der Waals surface area contributed by atoms with Crippen LogP contribution in [-0.2, 0) is 11.3 Å². The van der Waals surface area contributed by atoms with Crippen LogP contribution in [0.25, 0.3) is 21.8 Å². The van der Waals surface area contributed by atoms with Crippen molar-refractivity contribution in [1.82, 2.24) is 9.99 Å². The van der Waals surface area contributed by atoms with E-state index in [1.165, 1.54) is 6.21 Å². The lowest BCUT2D eigenvalue weighted by molar-refractivity contribution is -0.121. The lowest BCUT2D eigenvalue weighted by Gasteiger charge is -2.14. The van der Waals surface area contributed by atoms with Crippen molar-refractivity contribution in [1.29, 1.82) is 0 Å². The van der Waals surface area contributed by atoms with E-state index >= 15 is 0 Å². The van der Waals surface area contributed by atoms with E-state index in [9.17, 15) is 14.4 Å². The summed E-state index contributed by atoms with van der Waals surface area (Å²) in [5.41, 5.74) is 5.02. The van der Waals surface area contributed by atoms with Gasteiger partial charge >= 0.3 is 5.97 Å². The molecule has 0 aliphatic heterocycles. The Morgan fingerprint density at radius 1 is 0.778 bits per heavy atom. The van der Waals surface area contributed by atoms with Crippen LogP contribution in [0.5, 0.6) is 5.75 Å². The maximum Gasteiger partial charge on any atom is 0.343 e. The predicted molar refractivity (Wildman–Crippen MR) is 139 cm³/mol. The van der Waals surface area contributed by atoms with Crippen LogP contribution in [0.3, 0.4) is 0 Å². The maximum atomic E-state index is 12.8. The fraction of sp³-hybridized carbons (Fsp3) is 0.0345. The maximum absolute atomic E-state index is 12.8. The number of fused-ring (bicyclic) bond motifs is 2. The molecule has 0 saturated heterocycles. The molecule has 0 saturated carbocycles. The zero-order valence-corrected chi connectivity index (χ0v) is 19.1. The number of para-hydroxylation sites is 2. The molecule has 0 bridgehead atoms. The number of nitrogens with zero attached hydrogens (tertiary/aromatic N) is 2. The molecule has 5 rings (SSSR count). The number of rotatable bonds is 6. The van der Waals surface area contributed by atoms with Crippen molar-refractivity contribution < 1.29 is 14.3 Å². The first kappa shape index (κ1) is 22.7. The van der Waals surface area contributed by atoms with Crippen LogP contribution in [0.1, 0.15) is 15.9 Å². The Kier molecular flexibility index (Phi) is 6.36. The zero-order chi connectivity index (χ0) is 24.9. The Labute approximate surface area is 206 Å². The summed E-state index contributed by atoms with van der Waals surface area (Å²) < 4.78 is 7.18. The molecule has 1 N–H and O–H groups in total. The third-order valence-corrected chi connectivity index (χ3v) is 5.68. The minimum absolute atomic E-state index is 0.00692. The Bertz CT molecular complexity index is 1600. The molecule has 0 aliphatic carbocycles. The fourth-order valence-electron chi connectivity index (χ4n) is 3.97. The SMILES string of the molecule is O=C(Cn1c2ccccc2c(=O)c2ccccc21)N/N=C\c1ccc(OC(=O)c2ccccc2)cc1. The average molecular weight is 476 g/mol. The lowest BCUT2D eigenvalue weighted by atomic mass is 10.1. The second-order valence-corrected chi connectivity index (χ2v) is 8.07. The summed E-state index contributed by atoms with van der Waals surface area (Å²) in [5, 5.41) is 5.16. The van der Waals surface area contributed by atoms with Crippen molar-refractivity contribution in [3.63, 3.8) is 0 Å². The number of carbonyl (C=O) groups is 2. The van der Waals surface area contributed by atoms with Gasteiger partial charge in [-0.3, -0.25) is 9.59 Å². The van der Waals surface area contributed by atoms with Crippen LogP contribution in [0.2, 0.25) is 0 Å². The van der Waals surface area contributed by atoms with Crippen molar-refractivity contribution in [2.75, 3.05) is 0 Å². The van der Waals surface area contributed by atoms with Crippen LogP contribution >= 0.6 is 0 Å². The molecule has 1 heterocycles. The van der Waals surface area contributed by atoms with Gasteiger partial charge in [-0.2, -0.15) is 5.10 Å². The first-order chi connectivity index (χ1) is 17.6. The Morgan fingerprint density at radius 2 is 1.36 bits per heavy atom. The van der Waals surface area contributed by atoms with Crippen LogP contribution in [0, 0.1) is 0 Å². The Hall–Kier alpha value is -5.04. The van der Waals surface area contributed by atoms with Gasteiger partial charge in [0.1, 0.15) is 12.3 Å². The van der Waals surface area contributed by atoms with Gasteiger partial charge < -0.3 is 9.30 Å². The molecule has 7 nitrogen and oxygen atoms in total. The average Bonchev–Trinajstić information content (AvgIpc) is 2.92. The molecular formula is C29H21N3O4. The minimum atomic E-state index is -0.438. The smallest absolute Gasteiger partial charge is 0.343 e. The van der Waals surface area contributed by atoms with Gasteiger partial charge in [0.15, 0.2) is 5.43 Å². The molecule has 1 aromatic heterocycles. The normalized spacial score (nSPS) is 11.1. The number of benzene rings is 4. The van der Waals surface area contributed by atoms with Crippen LogP contribution < -0.4 is 15.6 Å². The van der Waals surface area contributed by atoms with Crippen molar-refractivity contribution in [3.8, 4) is 5.75 Å². The molecule has 1 amide bonds. The van der Waals surface area contributed by atoms with Crippen LogP contribution in [0.15, 0.2) is 113 Å². The van der Waals surface area contributed by atoms with Crippen molar-refractivity contribution in [2.45, 2.75) is 6.54 Å². The summed E-state index contributed by atoms with van der Waals surface area (Å²) in [4.78, 5) is 37.7. The van der Waals surface area contributed by atoms with E-state index in [1.807, 2.05) is 34.9 Å². The number of aromatic nitrogens is 1. The second kappa shape index (κ2) is 10.1. The van der Waals surface area contributed by atoms with E-state index in [-0.39, 0.29) is 17.9 Å². The highest BCUT2D eigenvalue weighted by molar-refractivity contribution is 5.95. The first-order valence-electron chi connectivity index (χ1n) is 11.3. The summed E-state index contributed by atoms with van der Waals surface area (Å²) in [6.07, 6.45) is 1.50. The quantitative estimate of drug-likeness (QED) is 0.129. The summed E-state index contributed by atoms with van der Waals surface area (Å²) in [5.74, 6) is -0.368. The first-order valence-corrected chi connectivity index (χ1v) is 11.3.